The van der Waals surface area contributed by atoms with Gasteiger partial charge in [-0.3, -0.25) is 14.3 Å². The third kappa shape index (κ3) is 3.41. The lowest BCUT2D eigenvalue weighted by molar-refractivity contribution is -0.150. The largest absolute Gasteiger partial charge is 0.481 e. The van der Waals surface area contributed by atoms with Gasteiger partial charge in [0.05, 0.1) is 11.6 Å². The molecule has 1 aliphatic heterocycles. The molecule has 0 spiro atoms. The van der Waals surface area contributed by atoms with Crippen molar-refractivity contribution >= 4 is 11.9 Å². The highest BCUT2D eigenvalue weighted by atomic mass is 16.4. The summed E-state index contributed by atoms with van der Waals surface area (Å²) in [5.41, 5.74) is 3.16. The summed E-state index contributed by atoms with van der Waals surface area (Å²) in [5, 5.41) is 13.7. The number of likely N-dealkylation sites (tertiary alicyclic amines) is 1. The molecule has 2 heterocycles. The van der Waals surface area contributed by atoms with Gasteiger partial charge in [-0.1, -0.05) is 6.92 Å². The molecule has 1 saturated heterocycles. The number of hydrogen-bond acceptors (Lipinski definition) is 3. The number of carbonyl (C=O) groups excluding carboxylic acids is 1. The Morgan fingerprint density at radius 3 is 2.57 bits per heavy atom. The highest BCUT2D eigenvalue weighted by molar-refractivity contribution is 5.80. The molecular formula is C17H27N3O3. The second-order valence-electron chi connectivity index (χ2n) is 6.74. The van der Waals surface area contributed by atoms with E-state index >= 15 is 0 Å². The summed E-state index contributed by atoms with van der Waals surface area (Å²) < 4.78 is 1.84. The van der Waals surface area contributed by atoms with Gasteiger partial charge in [-0.2, -0.15) is 5.10 Å². The fourth-order valence-electron chi connectivity index (χ4n) is 3.57. The number of aromatic nitrogens is 2. The summed E-state index contributed by atoms with van der Waals surface area (Å²) in [6.45, 7) is 8.40. The first-order valence-electron chi connectivity index (χ1n) is 8.26. The second-order valence-corrected chi connectivity index (χ2v) is 6.74. The standard InChI is InChI=1S/C17H27N3O3/c1-10(9-15-11(2)18-19(5)12(15)3)16(21)20-8-6-7-14(13(20)4)17(22)23/h10,13-14H,6-9H2,1-5H3,(H,22,23)/t10?,13-,14-/m0/s1. The van der Waals surface area contributed by atoms with Gasteiger partial charge in [-0.25, -0.2) is 0 Å². The number of aryl methyl sites for hydroxylation is 2. The van der Waals surface area contributed by atoms with Gasteiger partial charge < -0.3 is 10.0 Å². The van der Waals surface area contributed by atoms with Crippen LogP contribution in [0.2, 0.25) is 0 Å². The highest BCUT2D eigenvalue weighted by Crippen LogP contribution is 2.26. The van der Waals surface area contributed by atoms with Crippen molar-refractivity contribution in [2.45, 2.75) is 53.0 Å². The Kier molecular flexibility index (Phi) is 5.12. The van der Waals surface area contributed by atoms with Gasteiger partial charge in [0.15, 0.2) is 0 Å². The molecule has 1 aromatic rings. The van der Waals surface area contributed by atoms with E-state index < -0.39 is 11.9 Å². The maximum absolute atomic E-state index is 12.8. The number of carbonyl (C=O) groups is 2. The van der Waals surface area contributed by atoms with E-state index in [9.17, 15) is 14.7 Å². The number of hydrogen-bond donors (Lipinski definition) is 1. The first-order valence-corrected chi connectivity index (χ1v) is 8.26. The Bertz CT molecular complexity index is 608. The summed E-state index contributed by atoms with van der Waals surface area (Å²) in [6.07, 6.45) is 2.05. The maximum atomic E-state index is 12.8. The number of nitrogens with zero attached hydrogens (tertiary/aromatic N) is 3. The molecule has 1 N–H and O–H groups in total. The van der Waals surface area contributed by atoms with E-state index in [0.29, 0.717) is 19.4 Å². The first-order chi connectivity index (χ1) is 10.7. The van der Waals surface area contributed by atoms with E-state index in [1.54, 1.807) is 4.90 Å². The van der Waals surface area contributed by atoms with Crippen molar-refractivity contribution in [1.29, 1.82) is 0 Å². The maximum Gasteiger partial charge on any atom is 0.308 e. The normalized spacial score (nSPS) is 22.9. The minimum absolute atomic E-state index is 0.0473. The van der Waals surface area contributed by atoms with Crippen molar-refractivity contribution in [1.82, 2.24) is 14.7 Å². The van der Waals surface area contributed by atoms with E-state index in [-0.39, 0.29) is 17.9 Å². The van der Waals surface area contributed by atoms with E-state index in [1.807, 2.05) is 39.4 Å². The minimum Gasteiger partial charge on any atom is -0.481 e. The lowest BCUT2D eigenvalue weighted by Crippen LogP contribution is -2.50. The zero-order valence-corrected chi connectivity index (χ0v) is 14.7. The van der Waals surface area contributed by atoms with Crippen molar-refractivity contribution in [2.75, 3.05) is 6.54 Å². The van der Waals surface area contributed by atoms with E-state index in [1.165, 1.54) is 0 Å². The molecule has 6 heteroatoms. The lowest BCUT2D eigenvalue weighted by atomic mass is 9.88. The summed E-state index contributed by atoms with van der Waals surface area (Å²) >= 11 is 0. The van der Waals surface area contributed by atoms with Crippen LogP contribution in [0.1, 0.15) is 43.6 Å². The van der Waals surface area contributed by atoms with Crippen molar-refractivity contribution < 1.29 is 14.7 Å². The SMILES string of the molecule is Cc1nn(C)c(C)c1CC(C)C(=O)N1CCC[C@H](C(=O)O)[C@@H]1C. The number of rotatable bonds is 4. The van der Waals surface area contributed by atoms with Crippen molar-refractivity contribution in [3.63, 3.8) is 0 Å². The van der Waals surface area contributed by atoms with Crippen LogP contribution in [0.15, 0.2) is 0 Å². The predicted molar refractivity (Wildman–Crippen MR) is 87.1 cm³/mol. The Morgan fingerprint density at radius 2 is 2.04 bits per heavy atom. The third-order valence-electron chi connectivity index (χ3n) is 5.18. The predicted octanol–water partition coefficient (Wildman–Crippen LogP) is 1.93. The average Bonchev–Trinajstić information content (AvgIpc) is 2.72. The monoisotopic (exact) mass is 321 g/mol. The minimum atomic E-state index is -0.804. The smallest absolute Gasteiger partial charge is 0.308 e. The van der Waals surface area contributed by atoms with Crippen LogP contribution < -0.4 is 0 Å². The molecule has 0 aliphatic carbocycles. The molecule has 0 saturated carbocycles. The molecule has 1 amide bonds. The molecule has 128 valence electrons. The summed E-state index contributed by atoms with van der Waals surface area (Å²) in [6, 6.07) is -0.243. The molecule has 1 fully saturated rings. The van der Waals surface area contributed by atoms with Crippen LogP contribution in [0.4, 0.5) is 0 Å². The van der Waals surface area contributed by atoms with Crippen LogP contribution in [-0.2, 0) is 23.1 Å². The van der Waals surface area contributed by atoms with Gasteiger partial charge >= 0.3 is 5.97 Å². The van der Waals surface area contributed by atoms with Crippen molar-refractivity contribution in [3.8, 4) is 0 Å². The zero-order chi connectivity index (χ0) is 17.3. The van der Waals surface area contributed by atoms with Crippen LogP contribution in [0.3, 0.4) is 0 Å². The Balaban J connectivity index is 2.11. The summed E-state index contributed by atoms with van der Waals surface area (Å²) in [4.78, 5) is 25.9. The van der Waals surface area contributed by atoms with Crippen LogP contribution in [0, 0.1) is 25.7 Å². The Labute approximate surface area is 137 Å². The van der Waals surface area contributed by atoms with Crippen LogP contribution >= 0.6 is 0 Å². The number of aliphatic carboxylic acids is 1. The average molecular weight is 321 g/mol. The fourth-order valence-corrected chi connectivity index (χ4v) is 3.57. The molecule has 2 rings (SSSR count). The zero-order valence-electron chi connectivity index (χ0n) is 14.7. The molecule has 1 aromatic heterocycles. The molecule has 0 radical (unpaired) electrons. The number of amides is 1. The lowest BCUT2D eigenvalue weighted by Gasteiger charge is -2.39. The summed E-state index contributed by atoms with van der Waals surface area (Å²) in [7, 11) is 1.91. The third-order valence-corrected chi connectivity index (χ3v) is 5.18. The molecule has 6 nitrogen and oxygen atoms in total. The van der Waals surface area contributed by atoms with Crippen LogP contribution in [-0.4, -0.2) is 44.3 Å². The molecule has 3 atom stereocenters. The van der Waals surface area contributed by atoms with Crippen LogP contribution in [0.5, 0.6) is 0 Å². The molecule has 23 heavy (non-hydrogen) atoms. The Morgan fingerprint density at radius 1 is 1.39 bits per heavy atom. The molecular weight excluding hydrogens is 294 g/mol. The molecule has 0 aromatic carbocycles. The van der Waals surface area contributed by atoms with Gasteiger partial charge in [-0.15, -0.1) is 0 Å². The highest BCUT2D eigenvalue weighted by Gasteiger charge is 2.36. The van der Waals surface area contributed by atoms with Gasteiger partial charge in [0, 0.05) is 31.2 Å². The van der Waals surface area contributed by atoms with Gasteiger partial charge in [0.2, 0.25) is 5.91 Å². The quantitative estimate of drug-likeness (QED) is 0.919. The van der Waals surface area contributed by atoms with Crippen LogP contribution in [0.25, 0.3) is 0 Å². The van der Waals surface area contributed by atoms with E-state index in [4.69, 9.17) is 0 Å². The van der Waals surface area contributed by atoms with Crippen molar-refractivity contribution in [2.24, 2.45) is 18.9 Å². The molecule has 0 bridgehead atoms. The van der Waals surface area contributed by atoms with E-state index in [0.717, 1.165) is 23.4 Å². The fraction of sp³-hybridized carbons (Fsp3) is 0.706. The first kappa shape index (κ1) is 17.5. The summed E-state index contributed by atoms with van der Waals surface area (Å²) in [5.74, 6) is -1.39. The Hall–Kier alpha value is -1.85. The molecule has 1 aliphatic rings. The number of carboxylic acids is 1. The van der Waals surface area contributed by atoms with Gasteiger partial charge in [0.25, 0.3) is 0 Å². The van der Waals surface area contributed by atoms with Gasteiger partial charge in [0.1, 0.15) is 0 Å². The second kappa shape index (κ2) is 6.72. The number of carboxylic acid groups (broad SMARTS) is 1. The van der Waals surface area contributed by atoms with Crippen molar-refractivity contribution in [3.05, 3.63) is 17.0 Å². The number of piperidine rings is 1. The topological polar surface area (TPSA) is 75.4 Å². The van der Waals surface area contributed by atoms with Gasteiger partial charge in [-0.05, 0) is 45.6 Å². The van der Waals surface area contributed by atoms with E-state index in [2.05, 4.69) is 5.10 Å². The molecule has 1 unspecified atom stereocenters.